The zero-order valence-electron chi connectivity index (χ0n) is 13.7. The molecule has 0 aromatic carbocycles. The van der Waals surface area contributed by atoms with Gasteiger partial charge in [0, 0.05) is 29.2 Å². The molecule has 0 radical (unpaired) electrons. The number of hydrogen-bond donors (Lipinski definition) is 1. The Bertz CT molecular complexity index is 571. The van der Waals surface area contributed by atoms with Crippen molar-refractivity contribution in [2.24, 2.45) is 0 Å². The molecule has 1 N–H and O–H groups in total. The molecule has 0 saturated carbocycles. The largest absolute Gasteiger partial charge is 0.302 e. The Labute approximate surface area is 131 Å². The first-order valence-corrected chi connectivity index (χ1v) is 8.61. The van der Waals surface area contributed by atoms with Crippen molar-refractivity contribution in [3.63, 3.8) is 0 Å². The SMILES string of the molecule is CCCn1cc(C(NC(C)C)c2nc(CC)c(C)s2)cn1. The highest BCUT2D eigenvalue weighted by Gasteiger charge is 2.21. The molecule has 116 valence electrons. The van der Waals surface area contributed by atoms with Gasteiger partial charge in [-0.1, -0.05) is 13.8 Å². The monoisotopic (exact) mass is 306 g/mol. The fourth-order valence-corrected chi connectivity index (χ4v) is 3.52. The topological polar surface area (TPSA) is 42.7 Å². The van der Waals surface area contributed by atoms with Crippen molar-refractivity contribution >= 4 is 11.3 Å². The molecule has 0 aliphatic rings. The molecule has 0 saturated heterocycles. The number of rotatable bonds is 7. The van der Waals surface area contributed by atoms with E-state index >= 15 is 0 Å². The lowest BCUT2D eigenvalue weighted by molar-refractivity contribution is 0.525. The summed E-state index contributed by atoms with van der Waals surface area (Å²) >= 11 is 1.80. The van der Waals surface area contributed by atoms with Crippen molar-refractivity contribution in [2.45, 2.75) is 66.1 Å². The Balaban J connectivity index is 2.31. The number of nitrogens with one attached hydrogen (secondary N) is 1. The highest BCUT2D eigenvalue weighted by atomic mass is 32.1. The maximum absolute atomic E-state index is 4.83. The third kappa shape index (κ3) is 3.92. The summed E-state index contributed by atoms with van der Waals surface area (Å²) in [6, 6.07) is 0.540. The highest BCUT2D eigenvalue weighted by molar-refractivity contribution is 7.11. The van der Waals surface area contributed by atoms with Crippen molar-refractivity contribution < 1.29 is 0 Å². The summed E-state index contributed by atoms with van der Waals surface area (Å²) in [5, 5.41) is 9.24. The van der Waals surface area contributed by atoms with Gasteiger partial charge in [0.15, 0.2) is 0 Å². The zero-order valence-corrected chi connectivity index (χ0v) is 14.5. The zero-order chi connectivity index (χ0) is 15.4. The van der Waals surface area contributed by atoms with Gasteiger partial charge < -0.3 is 5.32 Å². The van der Waals surface area contributed by atoms with Crippen LogP contribution in [0.15, 0.2) is 12.4 Å². The summed E-state index contributed by atoms with van der Waals surface area (Å²) < 4.78 is 2.02. The minimum atomic E-state index is 0.139. The van der Waals surface area contributed by atoms with Gasteiger partial charge in [0.25, 0.3) is 0 Å². The van der Waals surface area contributed by atoms with Crippen molar-refractivity contribution in [1.82, 2.24) is 20.1 Å². The molecular weight excluding hydrogens is 280 g/mol. The molecule has 2 heterocycles. The normalized spacial score (nSPS) is 13.0. The van der Waals surface area contributed by atoms with Crippen molar-refractivity contribution in [2.75, 3.05) is 0 Å². The number of aryl methyl sites for hydroxylation is 3. The summed E-state index contributed by atoms with van der Waals surface area (Å²) in [6.07, 6.45) is 6.20. The van der Waals surface area contributed by atoms with Crippen LogP contribution in [0.5, 0.6) is 0 Å². The molecule has 0 spiro atoms. The predicted octanol–water partition coefficient (Wildman–Crippen LogP) is 3.71. The molecule has 4 nitrogen and oxygen atoms in total. The standard InChI is InChI=1S/C16H26N4S/c1-6-8-20-10-13(9-17-20)15(18-11(3)4)16-19-14(7-2)12(5)21-16/h9-11,15,18H,6-8H2,1-5H3. The van der Waals surface area contributed by atoms with Gasteiger partial charge in [-0.3, -0.25) is 4.68 Å². The Morgan fingerprint density at radius 1 is 1.33 bits per heavy atom. The number of nitrogens with zero attached hydrogens (tertiary/aromatic N) is 3. The molecule has 2 aromatic heterocycles. The van der Waals surface area contributed by atoms with E-state index in [2.05, 4.69) is 51.2 Å². The van der Waals surface area contributed by atoms with E-state index in [-0.39, 0.29) is 6.04 Å². The van der Waals surface area contributed by atoms with E-state index in [0.717, 1.165) is 24.4 Å². The second-order valence-electron chi connectivity index (χ2n) is 5.70. The quantitative estimate of drug-likeness (QED) is 0.848. The molecule has 0 fully saturated rings. The molecular formula is C16H26N4S. The Kier molecular flexibility index (Phi) is 5.53. The lowest BCUT2D eigenvalue weighted by Crippen LogP contribution is -2.28. The first kappa shape index (κ1) is 16.2. The third-order valence-electron chi connectivity index (χ3n) is 3.43. The molecule has 2 aromatic rings. The third-order valence-corrected chi connectivity index (χ3v) is 4.51. The van der Waals surface area contributed by atoms with Crippen LogP contribution >= 0.6 is 11.3 Å². The molecule has 2 rings (SSSR count). The first-order valence-electron chi connectivity index (χ1n) is 7.79. The van der Waals surface area contributed by atoms with Crippen LogP contribution in [0.25, 0.3) is 0 Å². The van der Waals surface area contributed by atoms with Crippen LogP contribution in [0.2, 0.25) is 0 Å². The van der Waals surface area contributed by atoms with Crippen molar-refractivity contribution in [1.29, 1.82) is 0 Å². The fourth-order valence-electron chi connectivity index (χ4n) is 2.43. The van der Waals surface area contributed by atoms with E-state index in [1.165, 1.54) is 16.1 Å². The molecule has 0 bridgehead atoms. The van der Waals surface area contributed by atoms with Crippen LogP contribution in [0.1, 0.15) is 61.3 Å². The van der Waals surface area contributed by atoms with Gasteiger partial charge in [-0.15, -0.1) is 11.3 Å². The number of hydrogen-bond acceptors (Lipinski definition) is 4. The van der Waals surface area contributed by atoms with Gasteiger partial charge in [-0.25, -0.2) is 4.98 Å². The Morgan fingerprint density at radius 3 is 2.67 bits per heavy atom. The summed E-state index contributed by atoms with van der Waals surface area (Å²) in [5.74, 6) is 0. The van der Waals surface area contributed by atoms with E-state index in [1.54, 1.807) is 11.3 Å². The molecule has 1 atom stereocenters. The van der Waals surface area contributed by atoms with Gasteiger partial charge >= 0.3 is 0 Å². The molecule has 0 aliphatic carbocycles. The van der Waals surface area contributed by atoms with Crippen LogP contribution in [-0.4, -0.2) is 20.8 Å². The van der Waals surface area contributed by atoms with E-state index < -0.39 is 0 Å². The predicted molar refractivity (Wildman–Crippen MR) is 88.9 cm³/mol. The van der Waals surface area contributed by atoms with Crippen molar-refractivity contribution in [3.8, 4) is 0 Å². The summed E-state index contributed by atoms with van der Waals surface area (Å²) in [4.78, 5) is 6.16. The lowest BCUT2D eigenvalue weighted by Gasteiger charge is -2.18. The van der Waals surface area contributed by atoms with Gasteiger partial charge in [0.1, 0.15) is 5.01 Å². The maximum Gasteiger partial charge on any atom is 0.115 e. The maximum atomic E-state index is 4.83. The average Bonchev–Trinajstić information content (AvgIpc) is 3.03. The van der Waals surface area contributed by atoms with Gasteiger partial charge in [-0.05, 0) is 33.6 Å². The fraction of sp³-hybridized carbons (Fsp3) is 0.625. The smallest absolute Gasteiger partial charge is 0.115 e. The molecule has 0 amide bonds. The summed E-state index contributed by atoms with van der Waals surface area (Å²) in [5.41, 5.74) is 2.42. The van der Waals surface area contributed by atoms with Gasteiger partial charge in [0.05, 0.1) is 17.9 Å². The lowest BCUT2D eigenvalue weighted by atomic mass is 10.1. The summed E-state index contributed by atoms with van der Waals surface area (Å²) in [6.45, 7) is 11.8. The van der Waals surface area contributed by atoms with Crippen LogP contribution in [0.4, 0.5) is 0 Å². The van der Waals surface area contributed by atoms with Crippen LogP contribution in [0, 0.1) is 6.92 Å². The molecule has 1 unspecified atom stereocenters. The van der Waals surface area contributed by atoms with Crippen molar-refractivity contribution in [3.05, 3.63) is 33.5 Å². The minimum Gasteiger partial charge on any atom is -0.302 e. The van der Waals surface area contributed by atoms with Gasteiger partial charge in [0.2, 0.25) is 0 Å². The van der Waals surface area contributed by atoms with E-state index in [0.29, 0.717) is 6.04 Å². The van der Waals surface area contributed by atoms with E-state index in [9.17, 15) is 0 Å². The Hall–Kier alpha value is -1.20. The average molecular weight is 306 g/mol. The first-order chi connectivity index (χ1) is 10.0. The van der Waals surface area contributed by atoms with Crippen LogP contribution < -0.4 is 5.32 Å². The number of thiazole rings is 1. The molecule has 5 heteroatoms. The highest BCUT2D eigenvalue weighted by Crippen LogP contribution is 2.28. The van der Waals surface area contributed by atoms with E-state index in [4.69, 9.17) is 4.98 Å². The van der Waals surface area contributed by atoms with Crippen LogP contribution in [-0.2, 0) is 13.0 Å². The Morgan fingerprint density at radius 2 is 2.10 bits per heavy atom. The van der Waals surface area contributed by atoms with E-state index in [1.807, 2.05) is 10.9 Å². The molecule has 0 aliphatic heterocycles. The van der Waals surface area contributed by atoms with Crippen LogP contribution in [0.3, 0.4) is 0 Å². The second kappa shape index (κ2) is 7.18. The minimum absolute atomic E-state index is 0.139. The molecule has 21 heavy (non-hydrogen) atoms. The second-order valence-corrected chi connectivity index (χ2v) is 6.93. The summed E-state index contributed by atoms with van der Waals surface area (Å²) in [7, 11) is 0. The number of aromatic nitrogens is 3. The van der Waals surface area contributed by atoms with Gasteiger partial charge in [-0.2, -0.15) is 5.10 Å².